The van der Waals surface area contributed by atoms with Gasteiger partial charge >= 0.3 is 6.18 Å². The summed E-state index contributed by atoms with van der Waals surface area (Å²) in [5.74, 6) is 0.372. The van der Waals surface area contributed by atoms with Gasteiger partial charge in [0.1, 0.15) is 20.4 Å². The average Bonchev–Trinajstić information content (AvgIpc) is 3.35. The number of nitrogens with one attached hydrogen (secondary N) is 1. The molecule has 0 radical (unpaired) electrons. The lowest BCUT2D eigenvalue weighted by atomic mass is 10.1. The Balaban J connectivity index is 1.55. The predicted molar refractivity (Wildman–Crippen MR) is 129 cm³/mol. The predicted octanol–water partition coefficient (Wildman–Crippen LogP) is 6.62. The molecule has 182 valence electrons. The van der Waals surface area contributed by atoms with E-state index in [2.05, 4.69) is 9.62 Å². The largest absolute Gasteiger partial charge is 0.487 e. The van der Waals surface area contributed by atoms with E-state index < -0.39 is 21.8 Å². The molecule has 1 N–H and O–H groups in total. The molecule has 1 aliphatic heterocycles. The number of benzene rings is 2. The Hall–Kier alpha value is -1.98. The van der Waals surface area contributed by atoms with Gasteiger partial charge in [-0.2, -0.15) is 13.2 Å². The minimum Gasteiger partial charge on any atom is -0.487 e. The summed E-state index contributed by atoms with van der Waals surface area (Å²) in [6.45, 7) is 1.64. The van der Waals surface area contributed by atoms with Crippen LogP contribution in [0.1, 0.15) is 12.0 Å². The third-order valence-corrected chi connectivity index (χ3v) is 8.80. The first-order valence-corrected chi connectivity index (χ1v) is 13.1. The summed E-state index contributed by atoms with van der Waals surface area (Å²) in [5, 5.41) is 0.362. The van der Waals surface area contributed by atoms with Crippen LogP contribution in [-0.2, 0) is 16.2 Å². The zero-order valence-electron chi connectivity index (χ0n) is 17.7. The molecule has 2 aromatic carbocycles. The highest BCUT2D eigenvalue weighted by Gasteiger charge is 2.30. The molecule has 0 aliphatic carbocycles. The summed E-state index contributed by atoms with van der Waals surface area (Å²) in [6.07, 6.45) is -3.68. The standard InChI is InChI=1S/C22H19Cl2F3N2O3S2/c1-29-9-8-16(12-29)32-19-10-15(6-7-18(19)23)28-34(30,31)20-11-17(21(24)33-20)13-2-4-14(5-3-13)22(25,26)27/h2-7,10-11,16,28H,8-9,12H2,1H3. The number of rotatable bonds is 6. The first-order valence-electron chi connectivity index (χ1n) is 10.1. The van der Waals surface area contributed by atoms with Crippen molar-refractivity contribution in [2.24, 2.45) is 0 Å². The summed E-state index contributed by atoms with van der Waals surface area (Å²) in [6, 6.07) is 10.3. The Morgan fingerprint density at radius 1 is 1.12 bits per heavy atom. The Kier molecular flexibility index (Phi) is 7.08. The number of ether oxygens (including phenoxy) is 1. The minimum atomic E-state index is -4.47. The van der Waals surface area contributed by atoms with Crippen LogP contribution in [0.3, 0.4) is 0 Å². The fourth-order valence-corrected chi connectivity index (χ4v) is 6.53. The second-order valence-corrected chi connectivity index (χ2v) is 11.8. The second kappa shape index (κ2) is 9.58. The first-order chi connectivity index (χ1) is 15.9. The molecule has 5 nitrogen and oxygen atoms in total. The molecule has 0 saturated carbocycles. The molecule has 1 fully saturated rings. The highest BCUT2D eigenvalue weighted by atomic mass is 35.5. The van der Waals surface area contributed by atoms with Gasteiger partial charge in [-0.15, -0.1) is 11.3 Å². The van der Waals surface area contributed by atoms with E-state index in [4.69, 9.17) is 27.9 Å². The molecule has 1 atom stereocenters. The van der Waals surface area contributed by atoms with Crippen molar-refractivity contribution in [1.82, 2.24) is 4.90 Å². The van der Waals surface area contributed by atoms with Crippen molar-refractivity contribution < 1.29 is 26.3 Å². The number of likely N-dealkylation sites (N-methyl/N-ethyl adjacent to an activating group) is 1. The van der Waals surface area contributed by atoms with Gasteiger partial charge in [0.15, 0.2) is 0 Å². The fraction of sp³-hybridized carbons (Fsp3) is 0.273. The van der Waals surface area contributed by atoms with E-state index in [1.807, 2.05) is 7.05 Å². The number of nitrogens with zero attached hydrogens (tertiary/aromatic N) is 1. The quantitative estimate of drug-likeness (QED) is 0.374. The molecule has 1 saturated heterocycles. The molecular formula is C22H19Cl2F3N2O3S2. The van der Waals surface area contributed by atoms with E-state index in [9.17, 15) is 21.6 Å². The van der Waals surface area contributed by atoms with Crippen LogP contribution in [0.2, 0.25) is 9.36 Å². The van der Waals surface area contributed by atoms with Gasteiger partial charge in [-0.1, -0.05) is 35.3 Å². The number of likely N-dealkylation sites (tertiary alicyclic amines) is 1. The van der Waals surface area contributed by atoms with Gasteiger partial charge in [-0.3, -0.25) is 4.72 Å². The molecule has 0 spiro atoms. The van der Waals surface area contributed by atoms with Crippen molar-refractivity contribution in [1.29, 1.82) is 0 Å². The lowest BCUT2D eigenvalue weighted by Crippen LogP contribution is -2.21. The number of sulfonamides is 1. The molecule has 1 aliphatic rings. The Morgan fingerprint density at radius 3 is 2.44 bits per heavy atom. The second-order valence-electron chi connectivity index (χ2n) is 7.87. The molecule has 34 heavy (non-hydrogen) atoms. The maximum Gasteiger partial charge on any atom is 0.416 e. The third kappa shape index (κ3) is 5.63. The summed E-state index contributed by atoms with van der Waals surface area (Å²) in [4.78, 5) is 2.12. The maximum atomic E-state index is 13.0. The molecule has 12 heteroatoms. The van der Waals surface area contributed by atoms with Crippen LogP contribution in [0.25, 0.3) is 11.1 Å². The van der Waals surface area contributed by atoms with E-state index in [1.54, 1.807) is 6.07 Å². The number of hydrogen-bond acceptors (Lipinski definition) is 5. The molecule has 1 aromatic heterocycles. The zero-order chi connectivity index (χ0) is 24.7. The molecular weight excluding hydrogens is 532 g/mol. The van der Waals surface area contributed by atoms with Gasteiger partial charge < -0.3 is 9.64 Å². The smallest absolute Gasteiger partial charge is 0.416 e. The van der Waals surface area contributed by atoms with E-state index in [0.717, 1.165) is 43.0 Å². The third-order valence-electron chi connectivity index (χ3n) is 5.28. The SMILES string of the molecule is CN1CCC(Oc2cc(NS(=O)(=O)c3cc(-c4ccc(C(F)(F)F)cc4)c(Cl)s3)ccc2Cl)C1. The van der Waals surface area contributed by atoms with Crippen LogP contribution in [0, 0.1) is 0 Å². The van der Waals surface area contributed by atoms with Crippen molar-refractivity contribution >= 4 is 50.2 Å². The van der Waals surface area contributed by atoms with Gasteiger partial charge in [-0.25, -0.2) is 8.42 Å². The van der Waals surface area contributed by atoms with Crippen molar-refractivity contribution in [3.05, 3.63) is 63.5 Å². The van der Waals surface area contributed by atoms with Gasteiger partial charge in [0.25, 0.3) is 10.0 Å². The first kappa shape index (κ1) is 25.1. The van der Waals surface area contributed by atoms with Gasteiger partial charge in [0.2, 0.25) is 0 Å². The van der Waals surface area contributed by atoms with E-state index in [0.29, 0.717) is 21.9 Å². The summed E-state index contributed by atoms with van der Waals surface area (Å²) >= 11 is 13.3. The van der Waals surface area contributed by atoms with Crippen molar-refractivity contribution in [3.63, 3.8) is 0 Å². The maximum absolute atomic E-state index is 13.0. The zero-order valence-corrected chi connectivity index (χ0v) is 20.8. The van der Waals surface area contributed by atoms with Crippen molar-refractivity contribution in [3.8, 4) is 16.9 Å². The van der Waals surface area contributed by atoms with Gasteiger partial charge in [0, 0.05) is 24.7 Å². The minimum absolute atomic E-state index is 0.0447. The Bertz CT molecular complexity index is 1300. The highest BCUT2D eigenvalue weighted by Crippen LogP contribution is 2.40. The van der Waals surface area contributed by atoms with Crippen molar-refractivity contribution in [2.45, 2.75) is 22.9 Å². The van der Waals surface area contributed by atoms with E-state index in [-0.39, 0.29) is 20.3 Å². The lowest BCUT2D eigenvalue weighted by molar-refractivity contribution is -0.137. The number of alkyl halides is 3. The van der Waals surface area contributed by atoms with Crippen LogP contribution in [0.15, 0.2) is 52.7 Å². The topological polar surface area (TPSA) is 58.6 Å². The van der Waals surface area contributed by atoms with Gasteiger partial charge in [-0.05, 0) is 49.4 Å². The number of thiophene rings is 1. The van der Waals surface area contributed by atoms with Crippen LogP contribution in [0.4, 0.5) is 18.9 Å². The number of halogens is 5. The Morgan fingerprint density at radius 2 is 1.82 bits per heavy atom. The van der Waals surface area contributed by atoms with Crippen LogP contribution >= 0.6 is 34.5 Å². The molecule has 0 amide bonds. The summed E-state index contributed by atoms with van der Waals surface area (Å²) < 4.78 is 72.9. The molecule has 4 rings (SSSR count). The highest BCUT2D eigenvalue weighted by molar-refractivity contribution is 7.94. The van der Waals surface area contributed by atoms with Crippen molar-refractivity contribution in [2.75, 3.05) is 24.9 Å². The molecule has 3 aromatic rings. The fourth-order valence-electron chi connectivity index (χ4n) is 3.55. The van der Waals surface area contributed by atoms with Crippen LogP contribution in [-0.4, -0.2) is 39.6 Å². The average molecular weight is 551 g/mol. The van der Waals surface area contributed by atoms with Crippen LogP contribution in [0.5, 0.6) is 5.75 Å². The van der Waals surface area contributed by atoms with E-state index >= 15 is 0 Å². The summed E-state index contributed by atoms with van der Waals surface area (Å²) in [5.41, 5.74) is 0.152. The molecule has 0 bridgehead atoms. The van der Waals surface area contributed by atoms with Crippen LogP contribution < -0.4 is 9.46 Å². The molecule has 2 heterocycles. The number of anilines is 1. The summed E-state index contributed by atoms with van der Waals surface area (Å²) in [7, 11) is -2.04. The Labute approximate surface area is 209 Å². The van der Waals surface area contributed by atoms with E-state index in [1.165, 1.54) is 30.3 Å². The molecule has 1 unspecified atom stereocenters. The number of hydrogen-bond donors (Lipinski definition) is 1. The lowest BCUT2D eigenvalue weighted by Gasteiger charge is -2.16. The van der Waals surface area contributed by atoms with Gasteiger partial charge in [0.05, 0.1) is 16.3 Å². The normalized spacial score (nSPS) is 17.2. The monoisotopic (exact) mass is 550 g/mol.